The fourth-order valence-electron chi connectivity index (χ4n) is 0.645. The largest absolute Gasteiger partial charge is 0.520 e. The zero-order valence-electron chi connectivity index (χ0n) is 8.60. The average molecular weight is 186 g/mol. The van der Waals surface area contributed by atoms with Gasteiger partial charge in [-0.25, -0.2) is 0 Å². The standard InChI is InChI=1S/C9H18O2Si/c1-7-8(2)9(10-3)11-12(4,5)6/h7H,1H2,2-6H3/b9-8-. The van der Waals surface area contributed by atoms with E-state index >= 15 is 0 Å². The lowest BCUT2D eigenvalue weighted by Gasteiger charge is -2.21. The number of rotatable bonds is 4. The molecule has 0 amide bonds. The van der Waals surface area contributed by atoms with Gasteiger partial charge in [-0.3, -0.25) is 0 Å². The van der Waals surface area contributed by atoms with Gasteiger partial charge in [0.2, 0.25) is 8.32 Å². The zero-order valence-corrected chi connectivity index (χ0v) is 9.60. The van der Waals surface area contributed by atoms with E-state index in [2.05, 4.69) is 26.2 Å². The van der Waals surface area contributed by atoms with Crippen LogP contribution in [0.15, 0.2) is 24.2 Å². The lowest BCUT2D eigenvalue weighted by molar-refractivity contribution is 0.143. The first-order valence-electron chi connectivity index (χ1n) is 3.97. The fraction of sp³-hybridized carbons (Fsp3) is 0.556. The number of methoxy groups -OCH3 is 1. The Hall–Kier alpha value is -0.703. The monoisotopic (exact) mass is 186 g/mol. The zero-order chi connectivity index (χ0) is 9.78. The molecule has 0 saturated carbocycles. The lowest BCUT2D eigenvalue weighted by Crippen LogP contribution is -2.25. The van der Waals surface area contributed by atoms with Crippen LogP contribution in [0.4, 0.5) is 0 Å². The van der Waals surface area contributed by atoms with Crippen molar-refractivity contribution in [2.45, 2.75) is 26.6 Å². The molecule has 0 spiro atoms. The maximum Gasteiger partial charge on any atom is 0.268 e. The summed E-state index contributed by atoms with van der Waals surface area (Å²) in [5, 5.41) is 0. The van der Waals surface area contributed by atoms with Crippen molar-refractivity contribution in [1.29, 1.82) is 0 Å². The molecule has 0 aliphatic heterocycles. The second kappa shape index (κ2) is 4.35. The molecule has 0 aliphatic carbocycles. The van der Waals surface area contributed by atoms with E-state index in [0.717, 1.165) is 5.57 Å². The van der Waals surface area contributed by atoms with Crippen LogP contribution in [0.1, 0.15) is 6.92 Å². The lowest BCUT2D eigenvalue weighted by atomic mass is 10.3. The van der Waals surface area contributed by atoms with E-state index in [1.54, 1.807) is 13.2 Å². The smallest absolute Gasteiger partial charge is 0.268 e. The summed E-state index contributed by atoms with van der Waals surface area (Å²) >= 11 is 0. The van der Waals surface area contributed by atoms with Crippen LogP contribution in [0.3, 0.4) is 0 Å². The van der Waals surface area contributed by atoms with Gasteiger partial charge in [-0.15, -0.1) is 0 Å². The molecule has 0 bridgehead atoms. The summed E-state index contributed by atoms with van der Waals surface area (Å²) < 4.78 is 10.8. The summed E-state index contributed by atoms with van der Waals surface area (Å²) in [6.45, 7) is 11.9. The van der Waals surface area contributed by atoms with Gasteiger partial charge in [0.05, 0.1) is 7.11 Å². The number of hydrogen-bond donors (Lipinski definition) is 0. The van der Waals surface area contributed by atoms with Crippen molar-refractivity contribution in [3.05, 3.63) is 24.2 Å². The molecule has 0 aromatic heterocycles. The van der Waals surface area contributed by atoms with Crippen molar-refractivity contribution >= 4 is 8.32 Å². The molecule has 0 fully saturated rings. The van der Waals surface area contributed by atoms with Crippen LogP contribution in [0.25, 0.3) is 0 Å². The minimum Gasteiger partial charge on any atom is -0.520 e. The van der Waals surface area contributed by atoms with Crippen molar-refractivity contribution in [3.8, 4) is 0 Å². The van der Waals surface area contributed by atoms with Gasteiger partial charge in [0, 0.05) is 5.57 Å². The quantitative estimate of drug-likeness (QED) is 0.382. The second-order valence-electron chi connectivity index (χ2n) is 3.59. The maximum absolute atomic E-state index is 5.66. The molecule has 0 N–H and O–H groups in total. The molecule has 0 atom stereocenters. The topological polar surface area (TPSA) is 18.5 Å². The van der Waals surface area contributed by atoms with E-state index in [0.29, 0.717) is 5.95 Å². The Kier molecular flexibility index (Phi) is 4.10. The van der Waals surface area contributed by atoms with Crippen LogP contribution < -0.4 is 0 Å². The summed E-state index contributed by atoms with van der Waals surface area (Å²) in [5.74, 6) is 0.601. The van der Waals surface area contributed by atoms with Crippen LogP contribution in [-0.2, 0) is 9.16 Å². The molecular weight excluding hydrogens is 168 g/mol. The first-order chi connectivity index (χ1) is 5.40. The summed E-state index contributed by atoms with van der Waals surface area (Å²) in [6.07, 6.45) is 1.74. The molecule has 0 aromatic carbocycles. The minimum absolute atomic E-state index is 0.601. The minimum atomic E-state index is -1.55. The maximum atomic E-state index is 5.66. The van der Waals surface area contributed by atoms with E-state index < -0.39 is 8.32 Å². The Morgan fingerprint density at radius 2 is 1.83 bits per heavy atom. The molecule has 0 radical (unpaired) electrons. The molecule has 0 saturated heterocycles. The van der Waals surface area contributed by atoms with Crippen LogP contribution >= 0.6 is 0 Å². The second-order valence-corrected chi connectivity index (χ2v) is 8.02. The van der Waals surface area contributed by atoms with Crippen LogP contribution in [-0.4, -0.2) is 15.4 Å². The van der Waals surface area contributed by atoms with E-state index in [1.165, 1.54) is 0 Å². The van der Waals surface area contributed by atoms with E-state index in [9.17, 15) is 0 Å². The van der Waals surface area contributed by atoms with Gasteiger partial charge >= 0.3 is 0 Å². The van der Waals surface area contributed by atoms with Gasteiger partial charge in [-0.05, 0) is 26.6 Å². The van der Waals surface area contributed by atoms with Gasteiger partial charge < -0.3 is 9.16 Å². The van der Waals surface area contributed by atoms with Crippen LogP contribution in [0.2, 0.25) is 19.6 Å². The number of ether oxygens (including phenoxy) is 1. The van der Waals surface area contributed by atoms with Crippen molar-refractivity contribution in [2.24, 2.45) is 0 Å². The highest BCUT2D eigenvalue weighted by Gasteiger charge is 2.18. The SMILES string of the molecule is C=C/C(C)=C(/OC)O[Si](C)(C)C. The van der Waals surface area contributed by atoms with Crippen LogP contribution in [0, 0.1) is 0 Å². The molecule has 0 rings (SSSR count). The molecule has 70 valence electrons. The van der Waals surface area contributed by atoms with Gasteiger partial charge in [-0.2, -0.15) is 0 Å². The van der Waals surface area contributed by atoms with Crippen molar-refractivity contribution < 1.29 is 9.16 Å². The van der Waals surface area contributed by atoms with Gasteiger partial charge in [0.25, 0.3) is 5.95 Å². The Morgan fingerprint density at radius 1 is 1.33 bits per heavy atom. The Labute approximate surface area is 76.0 Å². The summed E-state index contributed by atoms with van der Waals surface area (Å²) in [5.41, 5.74) is 0.944. The highest BCUT2D eigenvalue weighted by Crippen LogP contribution is 2.14. The molecular formula is C9H18O2Si. The first kappa shape index (κ1) is 11.3. The third-order valence-electron chi connectivity index (χ3n) is 1.21. The molecule has 0 aliphatic rings. The third kappa shape index (κ3) is 4.23. The number of allylic oxidation sites excluding steroid dienone is 2. The van der Waals surface area contributed by atoms with Crippen molar-refractivity contribution in [1.82, 2.24) is 0 Å². The predicted octanol–water partition coefficient (Wildman–Crippen LogP) is 2.90. The normalized spacial score (nSPS) is 13.4. The van der Waals surface area contributed by atoms with Gasteiger partial charge in [0.1, 0.15) is 0 Å². The van der Waals surface area contributed by atoms with Crippen LogP contribution in [0.5, 0.6) is 0 Å². The Morgan fingerprint density at radius 3 is 2.08 bits per heavy atom. The Bertz CT molecular complexity index is 189. The average Bonchev–Trinajstić information content (AvgIpc) is 1.97. The van der Waals surface area contributed by atoms with Crippen molar-refractivity contribution in [3.63, 3.8) is 0 Å². The molecule has 0 heterocycles. The van der Waals surface area contributed by atoms with Crippen molar-refractivity contribution in [2.75, 3.05) is 7.11 Å². The summed E-state index contributed by atoms with van der Waals surface area (Å²) in [6, 6.07) is 0. The van der Waals surface area contributed by atoms with E-state index in [4.69, 9.17) is 9.16 Å². The summed E-state index contributed by atoms with van der Waals surface area (Å²) in [7, 11) is 0.0626. The van der Waals surface area contributed by atoms with Gasteiger partial charge in [-0.1, -0.05) is 12.7 Å². The highest BCUT2D eigenvalue weighted by molar-refractivity contribution is 6.70. The molecule has 12 heavy (non-hydrogen) atoms. The third-order valence-corrected chi connectivity index (χ3v) is 2.01. The Balaban J connectivity index is 4.48. The fourth-order valence-corrected chi connectivity index (χ4v) is 1.45. The first-order valence-corrected chi connectivity index (χ1v) is 7.38. The molecule has 3 heteroatoms. The van der Waals surface area contributed by atoms with E-state index in [-0.39, 0.29) is 0 Å². The molecule has 2 nitrogen and oxygen atoms in total. The predicted molar refractivity (Wildman–Crippen MR) is 54.3 cm³/mol. The highest BCUT2D eigenvalue weighted by atomic mass is 28.4. The molecule has 0 aromatic rings. The van der Waals surface area contributed by atoms with Gasteiger partial charge in [0.15, 0.2) is 0 Å². The van der Waals surface area contributed by atoms with E-state index in [1.807, 2.05) is 6.92 Å². The summed E-state index contributed by atoms with van der Waals surface area (Å²) in [4.78, 5) is 0. The molecule has 0 unspecified atom stereocenters. The number of hydrogen-bond acceptors (Lipinski definition) is 2.